The number of ether oxygens (including phenoxy) is 2. The van der Waals surface area contributed by atoms with E-state index in [1.807, 2.05) is 6.07 Å². The van der Waals surface area contributed by atoms with Crippen molar-refractivity contribution in [3.8, 4) is 17.6 Å². The Bertz CT molecular complexity index is 412. The van der Waals surface area contributed by atoms with E-state index in [9.17, 15) is 4.39 Å². The lowest BCUT2D eigenvalue weighted by Gasteiger charge is -2.08. The van der Waals surface area contributed by atoms with Crippen LogP contribution in [0.15, 0.2) is 12.1 Å². The molecule has 4 heteroatoms. The molecule has 0 amide bonds. The molecular weight excluding hydrogens is 197 g/mol. The molecule has 1 aromatic rings. The van der Waals surface area contributed by atoms with Gasteiger partial charge in [-0.2, -0.15) is 5.26 Å². The normalized spacial score (nSPS) is 14.1. The fourth-order valence-electron chi connectivity index (χ4n) is 1.45. The second-order valence-corrected chi connectivity index (χ2v) is 3.28. The Labute approximate surface area is 87.0 Å². The highest BCUT2D eigenvalue weighted by molar-refractivity contribution is 5.44. The van der Waals surface area contributed by atoms with Crippen molar-refractivity contribution < 1.29 is 13.9 Å². The highest BCUT2D eigenvalue weighted by Gasteiger charge is 2.14. The number of hydrogen-bond acceptors (Lipinski definition) is 3. The molecular formula is C11H10FNO2. The maximum Gasteiger partial charge on any atom is 0.164 e. The third-order valence-corrected chi connectivity index (χ3v) is 2.19. The standard InChI is InChI=1S/C11H10FNO2/c12-9-7-11-10(6-8(9)2-3-13)14-4-1-5-15-11/h6-7H,1-2,4-5H2. The summed E-state index contributed by atoms with van der Waals surface area (Å²) in [6.07, 6.45) is 0.826. The van der Waals surface area contributed by atoms with E-state index in [0.29, 0.717) is 30.3 Å². The van der Waals surface area contributed by atoms with Crippen LogP contribution in [0.1, 0.15) is 12.0 Å². The van der Waals surface area contributed by atoms with Crippen LogP contribution in [0.4, 0.5) is 4.39 Å². The molecule has 78 valence electrons. The van der Waals surface area contributed by atoms with Gasteiger partial charge in [0.15, 0.2) is 11.5 Å². The van der Waals surface area contributed by atoms with Crippen LogP contribution in [-0.2, 0) is 6.42 Å². The molecule has 15 heavy (non-hydrogen) atoms. The SMILES string of the molecule is N#CCc1cc2c(cc1F)OCCCO2. The molecule has 1 aliphatic heterocycles. The second-order valence-electron chi connectivity index (χ2n) is 3.28. The molecule has 0 saturated heterocycles. The highest BCUT2D eigenvalue weighted by atomic mass is 19.1. The van der Waals surface area contributed by atoms with Gasteiger partial charge in [-0.05, 0) is 6.07 Å². The minimum absolute atomic E-state index is 0.0441. The van der Waals surface area contributed by atoms with Gasteiger partial charge in [-0.1, -0.05) is 0 Å². The average Bonchev–Trinajstić information content (AvgIpc) is 2.44. The molecule has 0 radical (unpaired) electrons. The first kappa shape index (κ1) is 9.78. The van der Waals surface area contributed by atoms with Gasteiger partial charge in [-0.15, -0.1) is 0 Å². The molecule has 2 rings (SSSR count). The van der Waals surface area contributed by atoms with Gasteiger partial charge < -0.3 is 9.47 Å². The maximum absolute atomic E-state index is 13.4. The van der Waals surface area contributed by atoms with Crippen LogP contribution in [0.25, 0.3) is 0 Å². The smallest absolute Gasteiger partial charge is 0.164 e. The van der Waals surface area contributed by atoms with Crippen LogP contribution in [0, 0.1) is 17.1 Å². The van der Waals surface area contributed by atoms with Crippen molar-refractivity contribution in [1.29, 1.82) is 5.26 Å². The van der Waals surface area contributed by atoms with Gasteiger partial charge in [0, 0.05) is 18.1 Å². The van der Waals surface area contributed by atoms with Gasteiger partial charge in [0.25, 0.3) is 0 Å². The van der Waals surface area contributed by atoms with E-state index in [2.05, 4.69) is 0 Å². The minimum Gasteiger partial charge on any atom is -0.490 e. The number of halogens is 1. The van der Waals surface area contributed by atoms with Crippen LogP contribution in [0.2, 0.25) is 0 Å². The molecule has 0 aromatic heterocycles. The van der Waals surface area contributed by atoms with E-state index in [0.717, 1.165) is 6.42 Å². The molecule has 0 unspecified atom stereocenters. The summed E-state index contributed by atoms with van der Waals surface area (Å²) in [5, 5.41) is 8.52. The summed E-state index contributed by atoms with van der Waals surface area (Å²) in [5.74, 6) is 0.534. The van der Waals surface area contributed by atoms with Crippen LogP contribution < -0.4 is 9.47 Å². The molecule has 1 aromatic carbocycles. The van der Waals surface area contributed by atoms with Crippen LogP contribution in [0.5, 0.6) is 11.5 Å². The Hall–Kier alpha value is -1.76. The Morgan fingerprint density at radius 1 is 1.27 bits per heavy atom. The average molecular weight is 207 g/mol. The molecule has 0 aliphatic carbocycles. The maximum atomic E-state index is 13.4. The lowest BCUT2D eigenvalue weighted by atomic mass is 10.1. The minimum atomic E-state index is -0.416. The number of benzene rings is 1. The third kappa shape index (κ3) is 2.01. The number of hydrogen-bond donors (Lipinski definition) is 0. The predicted octanol–water partition coefficient (Wildman–Crippen LogP) is 2.05. The number of nitriles is 1. The van der Waals surface area contributed by atoms with E-state index in [4.69, 9.17) is 14.7 Å². The largest absolute Gasteiger partial charge is 0.490 e. The first-order valence-electron chi connectivity index (χ1n) is 4.76. The van der Waals surface area contributed by atoms with Crippen molar-refractivity contribution in [3.63, 3.8) is 0 Å². The monoisotopic (exact) mass is 207 g/mol. The second kappa shape index (κ2) is 4.18. The molecule has 0 N–H and O–H groups in total. The number of nitrogens with zero attached hydrogens (tertiary/aromatic N) is 1. The van der Waals surface area contributed by atoms with Crippen molar-refractivity contribution in [2.75, 3.05) is 13.2 Å². The Morgan fingerprint density at radius 2 is 1.93 bits per heavy atom. The fraction of sp³-hybridized carbons (Fsp3) is 0.364. The molecule has 0 spiro atoms. The molecule has 1 heterocycles. The quantitative estimate of drug-likeness (QED) is 0.707. The topological polar surface area (TPSA) is 42.2 Å². The number of rotatable bonds is 1. The van der Waals surface area contributed by atoms with Gasteiger partial charge in [-0.25, -0.2) is 4.39 Å². The summed E-state index contributed by atoms with van der Waals surface area (Å²) in [6, 6.07) is 4.74. The van der Waals surface area contributed by atoms with E-state index in [1.165, 1.54) is 6.07 Å². The van der Waals surface area contributed by atoms with Gasteiger partial charge >= 0.3 is 0 Å². The molecule has 0 atom stereocenters. The van der Waals surface area contributed by atoms with Gasteiger partial charge in [0.1, 0.15) is 5.82 Å². The predicted molar refractivity (Wildman–Crippen MR) is 51.3 cm³/mol. The summed E-state index contributed by atoms with van der Waals surface area (Å²) in [5.41, 5.74) is 0.349. The lowest BCUT2D eigenvalue weighted by Crippen LogP contribution is -1.97. The van der Waals surface area contributed by atoms with E-state index >= 15 is 0 Å². The van der Waals surface area contributed by atoms with Crippen LogP contribution in [0.3, 0.4) is 0 Å². The Morgan fingerprint density at radius 3 is 2.60 bits per heavy atom. The molecule has 1 aliphatic rings. The van der Waals surface area contributed by atoms with Crippen molar-refractivity contribution in [3.05, 3.63) is 23.5 Å². The summed E-state index contributed by atoms with van der Waals surface area (Å²) in [7, 11) is 0. The first-order valence-corrected chi connectivity index (χ1v) is 4.76. The van der Waals surface area contributed by atoms with Crippen molar-refractivity contribution >= 4 is 0 Å². The summed E-state index contributed by atoms with van der Waals surface area (Å²) in [4.78, 5) is 0. The Kier molecular flexibility index (Phi) is 2.72. The zero-order valence-electron chi connectivity index (χ0n) is 8.12. The van der Waals surface area contributed by atoms with Crippen molar-refractivity contribution in [2.45, 2.75) is 12.8 Å². The zero-order chi connectivity index (χ0) is 10.7. The van der Waals surface area contributed by atoms with E-state index in [1.54, 1.807) is 6.07 Å². The Balaban J connectivity index is 2.39. The van der Waals surface area contributed by atoms with Gasteiger partial charge in [0.05, 0.1) is 25.7 Å². The van der Waals surface area contributed by atoms with E-state index in [-0.39, 0.29) is 6.42 Å². The van der Waals surface area contributed by atoms with Crippen molar-refractivity contribution in [2.24, 2.45) is 0 Å². The van der Waals surface area contributed by atoms with E-state index < -0.39 is 5.82 Å². The summed E-state index contributed by atoms with van der Waals surface area (Å²) in [6.45, 7) is 1.09. The van der Waals surface area contributed by atoms with Gasteiger partial charge in [-0.3, -0.25) is 0 Å². The molecule has 0 fully saturated rings. The summed E-state index contributed by atoms with van der Waals surface area (Å²) >= 11 is 0. The van der Waals surface area contributed by atoms with Crippen LogP contribution >= 0.6 is 0 Å². The molecule has 0 bridgehead atoms. The zero-order valence-corrected chi connectivity index (χ0v) is 8.12. The molecule has 0 saturated carbocycles. The highest BCUT2D eigenvalue weighted by Crippen LogP contribution is 2.32. The number of fused-ring (bicyclic) bond motifs is 1. The first-order chi connectivity index (χ1) is 7.31. The lowest BCUT2D eigenvalue weighted by molar-refractivity contribution is 0.296. The summed E-state index contributed by atoms with van der Waals surface area (Å²) < 4.78 is 24.1. The molecule has 3 nitrogen and oxygen atoms in total. The van der Waals surface area contributed by atoms with Gasteiger partial charge in [0.2, 0.25) is 0 Å². The fourth-order valence-corrected chi connectivity index (χ4v) is 1.45. The van der Waals surface area contributed by atoms with Crippen molar-refractivity contribution in [1.82, 2.24) is 0 Å². The van der Waals surface area contributed by atoms with Crippen LogP contribution in [-0.4, -0.2) is 13.2 Å². The third-order valence-electron chi connectivity index (χ3n) is 2.19.